The Kier molecular flexibility index (Phi) is 2.38. The summed E-state index contributed by atoms with van der Waals surface area (Å²) >= 11 is 0. The van der Waals surface area contributed by atoms with Gasteiger partial charge in [-0.05, 0) is 27.7 Å². The molecule has 2 heterocycles. The van der Waals surface area contributed by atoms with Crippen LogP contribution in [0, 0.1) is 6.92 Å². The molecule has 0 aromatic carbocycles. The Balaban J connectivity index is 2.28. The predicted molar refractivity (Wildman–Crippen MR) is 61.8 cm³/mol. The Morgan fingerprint density at radius 3 is 2.53 bits per heavy atom. The van der Waals surface area contributed by atoms with Gasteiger partial charge in [-0.25, -0.2) is 4.98 Å². The van der Waals surface area contributed by atoms with Crippen LogP contribution in [-0.2, 0) is 20.0 Å². The maximum atomic E-state index is 4.64. The molecule has 3 heteroatoms. The van der Waals surface area contributed by atoms with E-state index in [0.717, 1.165) is 25.3 Å². The fraction of sp³-hybridized carbons (Fsp3) is 0.750. The lowest BCUT2D eigenvalue weighted by molar-refractivity contribution is 0.118. The smallest absolute Gasteiger partial charge is 0.105 e. The van der Waals surface area contributed by atoms with E-state index in [1.54, 1.807) is 0 Å². The topological polar surface area (TPSA) is 21.1 Å². The average molecular weight is 207 g/mol. The van der Waals surface area contributed by atoms with Crippen LogP contribution < -0.4 is 0 Å². The van der Waals surface area contributed by atoms with Crippen molar-refractivity contribution in [2.75, 3.05) is 6.54 Å². The molecule has 0 aliphatic carbocycles. The Morgan fingerprint density at radius 1 is 1.27 bits per heavy atom. The van der Waals surface area contributed by atoms with Gasteiger partial charge in [0.2, 0.25) is 0 Å². The van der Waals surface area contributed by atoms with E-state index in [4.69, 9.17) is 0 Å². The lowest BCUT2D eigenvalue weighted by Crippen LogP contribution is -2.44. The predicted octanol–water partition coefficient (Wildman–Crippen LogP) is 1.89. The lowest BCUT2D eigenvalue weighted by atomic mass is 10.0. The third-order valence-electron chi connectivity index (χ3n) is 3.43. The number of rotatable bonds is 0. The zero-order chi connectivity index (χ0) is 11.2. The number of hydrogen-bond acceptors (Lipinski definition) is 2. The van der Waals surface area contributed by atoms with E-state index >= 15 is 0 Å². The molecular formula is C12H21N3. The molecule has 0 bridgehead atoms. The highest BCUT2D eigenvalue weighted by Gasteiger charge is 2.28. The number of hydrogen-bond donors (Lipinski definition) is 0. The molecule has 0 atom stereocenters. The molecule has 2 rings (SSSR count). The highest BCUT2D eigenvalue weighted by Crippen LogP contribution is 2.24. The second kappa shape index (κ2) is 3.34. The van der Waals surface area contributed by atoms with Crippen LogP contribution >= 0.6 is 0 Å². The monoisotopic (exact) mass is 207 g/mol. The minimum Gasteiger partial charge on any atom is -0.335 e. The normalized spacial score (nSPS) is 17.9. The van der Waals surface area contributed by atoms with Crippen LogP contribution in [0.3, 0.4) is 0 Å². The Labute approximate surface area is 92.1 Å². The molecule has 0 spiro atoms. The van der Waals surface area contributed by atoms with E-state index in [0.29, 0.717) is 0 Å². The van der Waals surface area contributed by atoms with Gasteiger partial charge in [0.15, 0.2) is 0 Å². The number of nitrogens with zero attached hydrogens (tertiary/aromatic N) is 3. The Morgan fingerprint density at radius 2 is 1.93 bits per heavy atom. The Hall–Kier alpha value is -0.830. The number of fused-ring (bicyclic) bond motifs is 1. The number of imidazole rings is 1. The van der Waals surface area contributed by atoms with Crippen molar-refractivity contribution < 1.29 is 0 Å². The maximum absolute atomic E-state index is 4.64. The molecule has 0 amide bonds. The first kappa shape index (κ1) is 10.7. The largest absolute Gasteiger partial charge is 0.335 e. The van der Waals surface area contributed by atoms with Crippen molar-refractivity contribution in [2.24, 2.45) is 7.05 Å². The molecule has 0 fully saturated rings. The van der Waals surface area contributed by atoms with Crippen molar-refractivity contribution in [1.29, 1.82) is 0 Å². The van der Waals surface area contributed by atoms with Gasteiger partial charge in [0, 0.05) is 37.8 Å². The van der Waals surface area contributed by atoms with Crippen molar-refractivity contribution in [1.82, 2.24) is 14.5 Å². The highest BCUT2D eigenvalue weighted by molar-refractivity contribution is 5.20. The molecular weight excluding hydrogens is 186 g/mol. The lowest BCUT2D eigenvalue weighted by Gasteiger charge is -2.37. The van der Waals surface area contributed by atoms with Crippen LogP contribution in [0.5, 0.6) is 0 Å². The summed E-state index contributed by atoms with van der Waals surface area (Å²) in [6.07, 6.45) is 1.13. The summed E-state index contributed by atoms with van der Waals surface area (Å²) in [5, 5.41) is 0. The molecule has 0 N–H and O–H groups in total. The van der Waals surface area contributed by atoms with Crippen molar-refractivity contribution in [2.45, 2.75) is 46.2 Å². The van der Waals surface area contributed by atoms with Gasteiger partial charge in [-0.1, -0.05) is 0 Å². The quantitative estimate of drug-likeness (QED) is 0.647. The zero-order valence-corrected chi connectivity index (χ0v) is 10.5. The first-order valence-electron chi connectivity index (χ1n) is 5.65. The van der Waals surface area contributed by atoms with Crippen LogP contribution in [0.15, 0.2) is 0 Å². The van der Waals surface area contributed by atoms with E-state index in [1.807, 2.05) is 0 Å². The van der Waals surface area contributed by atoms with Crippen LogP contribution in [-0.4, -0.2) is 26.5 Å². The van der Waals surface area contributed by atoms with Gasteiger partial charge in [0.1, 0.15) is 5.82 Å². The van der Waals surface area contributed by atoms with Gasteiger partial charge in [-0.15, -0.1) is 0 Å². The van der Waals surface area contributed by atoms with Gasteiger partial charge < -0.3 is 4.57 Å². The molecule has 84 valence electrons. The first-order chi connectivity index (χ1) is 6.89. The molecule has 0 saturated heterocycles. The Bertz CT molecular complexity index is 371. The molecule has 3 nitrogen and oxygen atoms in total. The van der Waals surface area contributed by atoms with E-state index in [9.17, 15) is 0 Å². The molecule has 0 radical (unpaired) electrons. The van der Waals surface area contributed by atoms with Crippen LogP contribution in [0.2, 0.25) is 0 Å². The summed E-state index contributed by atoms with van der Waals surface area (Å²) in [7, 11) is 2.12. The fourth-order valence-electron chi connectivity index (χ4n) is 2.24. The standard InChI is InChI=1S/C12H21N3/c1-9-13-10-8-15(12(2,3)4)7-6-11(10)14(9)5/h6-8H2,1-5H3. The SMILES string of the molecule is Cc1nc2c(n1C)CCN(C(C)(C)C)C2. The molecule has 0 saturated carbocycles. The zero-order valence-electron chi connectivity index (χ0n) is 10.5. The minimum absolute atomic E-state index is 0.253. The van der Waals surface area contributed by atoms with E-state index in [-0.39, 0.29) is 5.54 Å². The average Bonchev–Trinajstić information content (AvgIpc) is 2.41. The summed E-state index contributed by atoms with van der Waals surface area (Å²) in [6, 6.07) is 0. The highest BCUT2D eigenvalue weighted by atomic mass is 15.2. The van der Waals surface area contributed by atoms with Gasteiger partial charge in [-0.3, -0.25) is 4.90 Å². The molecule has 15 heavy (non-hydrogen) atoms. The summed E-state index contributed by atoms with van der Waals surface area (Å²) < 4.78 is 2.23. The van der Waals surface area contributed by atoms with E-state index < -0.39 is 0 Å². The summed E-state index contributed by atoms with van der Waals surface area (Å²) in [4.78, 5) is 7.14. The second-order valence-electron chi connectivity index (χ2n) is 5.45. The third-order valence-corrected chi connectivity index (χ3v) is 3.43. The molecule has 1 aliphatic heterocycles. The van der Waals surface area contributed by atoms with E-state index in [1.165, 1.54) is 11.4 Å². The molecule has 0 unspecified atom stereocenters. The van der Waals surface area contributed by atoms with E-state index in [2.05, 4.69) is 49.2 Å². The molecule has 1 aromatic rings. The maximum Gasteiger partial charge on any atom is 0.105 e. The van der Waals surface area contributed by atoms with Gasteiger partial charge in [0.25, 0.3) is 0 Å². The molecule has 1 aliphatic rings. The number of aryl methyl sites for hydroxylation is 1. The van der Waals surface area contributed by atoms with Crippen molar-refractivity contribution >= 4 is 0 Å². The van der Waals surface area contributed by atoms with Gasteiger partial charge in [0.05, 0.1) is 5.69 Å². The molecule has 1 aromatic heterocycles. The fourth-order valence-corrected chi connectivity index (χ4v) is 2.24. The van der Waals surface area contributed by atoms with Crippen molar-refractivity contribution in [3.05, 3.63) is 17.2 Å². The first-order valence-corrected chi connectivity index (χ1v) is 5.65. The summed E-state index contributed by atoms with van der Waals surface area (Å²) in [5.74, 6) is 1.13. The van der Waals surface area contributed by atoms with Crippen LogP contribution in [0.4, 0.5) is 0 Å². The van der Waals surface area contributed by atoms with Crippen molar-refractivity contribution in [3.8, 4) is 0 Å². The van der Waals surface area contributed by atoms with Crippen LogP contribution in [0.1, 0.15) is 38.0 Å². The summed E-state index contributed by atoms with van der Waals surface area (Å²) in [6.45, 7) is 11.0. The van der Waals surface area contributed by atoms with Gasteiger partial charge in [-0.2, -0.15) is 0 Å². The van der Waals surface area contributed by atoms with Gasteiger partial charge >= 0.3 is 0 Å². The minimum atomic E-state index is 0.253. The third kappa shape index (κ3) is 1.81. The van der Waals surface area contributed by atoms with Crippen LogP contribution in [0.25, 0.3) is 0 Å². The number of aromatic nitrogens is 2. The van der Waals surface area contributed by atoms with Crippen molar-refractivity contribution in [3.63, 3.8) is 0 Å². The second-order valence-corrected chi connectivity index (χ2v) is 5.45. The summed E-state index contributed by atoms with van der Waals surface area (Å²) in [5.41, 5.74) is 2.95.